The van der Waals surface area contributed by atoms with Gasteiger partial charge in [-0.3, -0.25) is 4.90 Å². The first-order valence-corrected chi connectivity index (χ1v) is 7.34. The van der Waals surface area contributed by atoms with Crippen LogP contribution in [0.2, 0.25) is 0 Å². The van der Waals surface area contributed by atoms with E-state index in [9.17, 15) is 0 Å². The molecular formula is C13H23N3S. The summed E-state index contributed by atoms with van der Waals surface area (Å²) in [4.78, 5) is 8.16. The molecule has 1 heterocycles. The Labute approximate surface area is 108 Å². The third kappa shape index (κ3) is 3.27. The summed E-state index contributed by atoms with van der Waals surface area (Å²) in [6.07, 6.45) is 7.32. The van der Waals surface area contributed by atoms with Crippen LogP contribution >= 0.6 is 11.3 Å². The van der Waals surface area contributed by atoms with Crippen molar-refractivity contribution in [2.75, 3.05) is 13.6 Å². The van der Waals surface area contributed by atoms with E-state index in [-0.39, 0.29) is 0 Å². The number of aryl methyl sites for hydroxylation is 1. The van der Waals surface area contributed by atoms with Gasteiger partial charge < -0.3 is 5.73 Å². The van der Waals surface area contributed by atoms with Gasteiger partial charge in [-0.05, 0) is 39.3 Å². The molecule has 1 aromatic rings. The summed E-state index contributed by atoms with van der Waals surface area (Å²) < 4.78 is 0. The summed E-state index contributed by atoms with van der Waals surface area (Å²) in [5.41, 5.74) is 5.89. The van der Waals surface area contributed by atoms with E-state index in [1.165, 1.54) is 30.6 Å². The van der Waals surface area contributed by atoms with Gasteiger partial charge in [0.05, 0.1) is 5.01 Å². The molecule has 3 nitrogen and oxygen atoms in total. The van der Waals surface area contributed by atoms with E-state index in [4.69, 9.17) is 5.73 Å². The average molecular weight is 253 g/mol. The highest BCUT2D eigenvalue weighted by molar-refractivity contribution is 7.11. The molecule has 0 aliphatic heterocycles. The van der Waals surface area contributed by atoms with Gasteiger partial charge in [-0.1, -0.05) is 12.8 Å². The SMILES string of the molecule is Cc1ncc(CN(C)C2CCCCC2CN)s1. The minimum Gasteiger partial charge on any atom is -0.330 e. The molecular weight excluding hydrogens is 230 g/mol. The highest BCUT2D eigenvalue weighted by Crippen LogP contribution is 2.28. The summed E-state index contributed by atoms with van der Waals surface area (Å²) in [5.74, 6) is 0.683. The van der Waals surface area contributed by atoms with Gasteiger partial charge in [0.1, 0.15) is 0 Å². The lowest BCUT2D eigenvalue weighted by Gasteiger charge is -2.37. The fourth-order valence-electron chi connectivity index (χ4n) is 2.88. The maximum absolute atomic E-state index is 5.89. The maximum atomic E-state index is 5.89. The Hall–Kier alpha value is -0.450. The molecule has 4 heteroatoms. The Morgan fingerprint density at radius 1 is 1.47 bits per heavy atom. The van der Waals surface area contributed by atoms with Gasteiger partial charge in [0.25, 0.3) is 0 Å². The van der Waals surface area contributed by atoms with Crippen LogP contribution in [0.15, 0.2) is 6.20 Å². The van der Waals surface area contributed by atoms with E-state index >= 15 is 0 Å². The molecule has 0 saturated heterocycles. The van der Waals surface area contributed by atoms with E-state index in [2.05, 4.69) is 23.9 Å². The van der Waals surface area contributed by atoms with E-state index in [0.717, 1.165) is 18.1 Å². The summed E-state index contributed by atoms with van der Waals surface area (Å²) in [6.45, 7) is 3.92. The van der Waals surface area contributed by atoms with E-state index in [0.29, 0.717) is 12.0 Å². The fourth-order valence-corrected chi connectivity index (χ4v) is 3.74. The highest BCUT2D eigenvalue weighted by atomic mass is 32.1. The smallest absolute Gasteiger partial charge is 0.0897 e. The summed E-state index contributed by atoms with van der Waals surface area (Å²) in [7, 11) is 2.23. The molecule has 1 aliphatic rings. The first kappa shape index (κ1) is 13.0. The number of hydrogen-bond acceptors (Lipinski definition) is 4. The quantitative estimate of drug-likeness (QED) is 0.896. The summed E-state index contributed by atoms with van der Waals surface area (Å²) in [6, 6.07) is 0.663. The van der Waals surface area contributed by atoms with Crippen molar-refractivity contribution in [1.82, 2.24) is 9.88 Å². The molecule has 1 fully saturated rings. The predicted molar refractivity (Wildman–Crippen MR) is 73.1 cm³/mol. The Kier molecular flexibility index (Phi) is 4.54. The molecule has 0 spiro atoms. The summed E-state index contributed by atoms with van der Waals surface area (Å²) in [5, 5.41) is 1.16. The van der Waals surface area contributed by atoms with E-state index < -0.39 is 0 Å². The number of rotatable bonds is 4. The lowest BCUT2D eigenvalue weighted by Crippen LogP contribution is -2.42. The lowest BCUT2D eigenvalue weighted by atomic mass is 9.84. The Morgan fingerprint density at radius 2 is 2.24 bits per heavy atom. The van der Waals surface area contributed by atoms with Gasteiger partial charge in [0, 0.05) is 23.7 Å². The second-order valence-electron chi connectivity index (χ2n) is 5.11. The molecule has 0 bridgehead atoms. The van der Waals surface area contributed by atoms with E-state index in [1.54, 1.807) is 11.3 Å². The predicted octanol–water partition coefficient (Wildman–Crippen LogP) is 2.40. The second-order valence-corrected chi connectivity index (χ2v) is 6.43. The standard InChI is InChI=1S/C13H23N3S/c1-10-15-8-12(17-10)9-16(2)13-6-4-3-5-11(13)7-14/h8,11,13H,3-7,9,14H2,1-2H3. The molecule has 0 aromatic carbocycles. The fraction of sp³-hybridized carbons (Fsp3) is 0.769. The summed E-state index contributed by atoms with van der Waals surface area (Å²) >= 11 is 1.80. The third-order valence-electron chi connectivity index (χ3n) is 3.81. The number of nitrogens with two attached hydrogens (primary N) is 1. The normalized spacial score (nSPS) is 25.4. The molecule has 2 unspecified atom stereocenters. The van der Waals surface area contributed by atoms with Gasteiger partial charge >= 0.3 is 0 Å². The number of thiazole rings is 1. The number of hydrogen-bond donors (Lipinski definition) is 1. The van der Waals surface area contributed by atoms with Crippen LogP contribution < -0.4 is 5.73 Å². The van der Waals surface area contributed by atoms with Crippen molar-refractivity contribution in [3.05, 3.63) is 16.1 Å². The van der Waals surface area contributed by atoms with Gasteiger partial charge in [-0.25, -0.2) is 4.98 Å². The van der Waals surface area contributed by atoms with Crippen LogP contribution in [0.25, 0.3) is 0 Å². The maximum Gasteiger partial charge on any atom is 0.0897 e. The molecule has 1 aliphatic carbocycles. The van der Waals surface area contributed by atoms with Crippen LogP contribution in [0.1, 0.15) is 35.6 Å². The van der Waals surface area contributed by atoms with Crippen molar-refractivity contribution in [2.24, 2.45) is 11.7 Å². The van der Waals surface area contributed by atoms with Gasteiger partial charge in [-0.15, -0.1) is 11.3 Å². The molecule has 2 atom stereocenters. The molecule has 0 radical (unpaired) electrons. The van der Waals surface area contributed by atoms with Crippen molar-refractivity contribution >= 4 is 11.3 Å². The minimum atomic E-state index is 0.663. The van der Waals surface area contributed by atoms with Gasteiger partial charge in [0.15, 0.2) is 0 Å². The average Bonchev–Trinajstić information content (AvgIpc) is 2.74. The van der Waals surface area contributed by atoms with Crippen LogP contribution in [0.3, 0.4) is 0 Å². The Balaban J connectivity index is 1.95. The first-order chi connectivity index (χ1) is 8.20. The molecule has 1 saturated carbocycles. The van der Waals surface area contributed by atoms with Crippen molar-refractivity contribution in [1.29, 1.82) is 0 Å². The van der Waals surface area contributed by atoms with Crippen LogP contribution in [-0.4, -0.2) is 29.5 Å². The third-order valence-corrected chi connectivity index (χ3v) is 4.71. The van der Waals surface area contributed by atoms with Crippen molar-refractivity contribution in [3.8, 4) is 0 Å². The zero-order valence-electron chi connectivity index (χ0n) is 10.9. The Bertz CT molecular complexity index is 350. The highest BCUT2D eigenvalue weighted by Gasteiger charge is 2.27. The van der Waals surface area contributed by atoms with Crippen LogP contribution in [-0.2, 0) is 6.54 Å². The minimum absolute atomic E-state index is 0.663. The van der Waals surface area contributed by atoms with Crippen molar-refractivity contribution in [2.45, 2.75) is 45.2 Å². The zero-order chi connectivity index (χ0) is 12.3. The van der Waals surface area contributed by atoms with Gasteiger partial charge in [0.2, 0.25) is 0 Å². The molecule has 2 rings (SSSR count). The molecule has 1 aromatic heterocycles. The topological polar surface area (TPSA) is 42.2 Å². The second kappa shape index (κ2) is 5.94. The molecule has 17 heavy (non-hydrogen) atoms. The number of aromatic nitrogens is 1. The number of nitrogens with zero attached hydrogens (tertiary/aromatic N) is 2. The van der Waals surface area contributed by atoms with Gasteiger partial charge in [-0.2, -0.15) is 0 Å². The van der Waals surface area contributed by atoms with Crippen molar-refractivity contribution in [3.63, 3.8) is 0 Å². The Morgan fingerprint density at radius 3 is 2.88 bits per heavy atom. The monoisotopic (exact) mass is 253 g/mol. The van der Waals surface area contributed by atoms with Crippen molar-refractivity contribution < 1.29 is 0 Å². The lowest BCUT2D eigenvalue weighted by molar-refractivity contribution is 0.128. The zero-order valence-corrected chi connectivity index (χ0v) is 11.7. The van der Waals surface area contributed by atoms with E-state index in [1.807, 2.05) is 6.20 Å². The molecule has 2 N–H and O–H groups in total. The van der Waals surface area contributed by atoms with Crippen LogP contribution in [0.5, 0.6) is 0 Å². The largest absolute Gasteiger partial charge is 0.330 e. The van der Waals surface area contributed by atoms with Crippen LogP contribution in [0, 0.1) is 12.8 Å². The molecule has 0 amide bonds. The first-order valence-electron chi connectivity index (χ1n) is 6.52. The molecule has 96 valence electrons. The van der Waals surface area contributed by atoms with Crippen LogP contribution in [0.4, 0.5) is 0 Å².